The molecular formula is C24H32N4O. The van der Waals surface area contributed by atoms with E-state index in [-0.39, 0.29) is 6.04 Å². The van der Waals surface area contributed by atoms with Crippen molar-refractivity contribution in [3.63, 3.8) is 0 Å². The summed E-state index contributed by atoms with van der Waals surface area (Å²) < 4.78 is 2.16. The van der Waals surface area contributed by atoms with Gasteiger partial charge < -0.3 is 10.3 Å². The molecule has 2 heterocycles. The zero-order valence-corrected chi connectivity index (χ0v) is 18.1. The van der Waals surface area contributed by atoms with E-state index < -0.39 is 6.03 Å². The topological polar surface area (TPSA) is 64.2 Å². The predicted octanol–water partition coefficient (Wildman–Crippen LogP) is 5.82. The fourth-order valence-electron chi connectivity index (χ4n) is 4.02. The Morgan fingerprint density at radius 1 is 1.07 bits per heavy atom. The van der Waals surface area contributed by atoms with Crippen molar-refractivity contribution in [2.45, 2.75) is 58.9 Å². The van der Waals surface area contributed by atoms with E-state index in [1.54, 1.807) is 4.90 Å². The van der Waals surface area contributed by atoms with E-state index in [0.717, 1.165) is 34.3 Å². The van der Waals surface area contributed by atoms with Crippen molar-refractivity contribution in [3.05, 3.63) is 59.9 Å². The number of amides is 2. The number of urea groups is 1. The van der Waals surface area contributed by atoms with Gasteiger partial charge in [-0.05, 0) is 47.6 Å². The van der Waals surface area contributed by atoms with E-state index in [2.05, 4.69) is 80.7 Å². The van der Waals surface area contributed by atoms with Gasteiger partial charge >= 0.3 is 6.03 Å². The SMILES string of the molecule is CCC(CN(C(N)=O)c1c(C(C)C)cccc1C(C)C)n1ccc2cccnc21. The van der Waals surface area contributed by atoms with Gasteiger partial charge in [-0.15, -0.1) is 0 Å². The van der Waals surface area contributed by atoms with Gasteiger partial charge in [-0.2, -0.15) is 0 Å². The van der Waals surface area contributed by atoms with Crippen LogP contribution in [0.15, 0.2) is 48.8 Å². The van der Waals surface area contributed by atoms with E-state index in [1.807, 2.05) is 12.3 Å². The number of pyridine rings is 1. The minimum absolute atomic E-state index is 0.0788. The van der Waals surface area contributed by atoms with Crippen molar-refractivity contribution in [2.24, 2.45) is 5.73 Å². The number of nitrogens with two attached hydrogens (primary N) is 1. The van der Waals surface area contributed by atoms with Gasteiger partial charge in [0.2, 0.25) is 0 Å². The molecule has 0 saturated carbocycles. The van der Waals surface area contributed by atoms with Crippen molar-refractivity contribution < 1.29 is 4.79 Å². The summed E-state index contributed by atoms with van der Waals surface area (Å²) in [6.07, 6.45) is 4.73. The number of anilines is 1. The maximum absolute atomic E-state index is 12.7. The number of rotatable bonds is 7. The molecule has 154 valence electrons. The normalized spacial score (nSPS) is 12.7. The Kier molecular flexibility index (Phi) is 6.26. The first kappa shape index (κ1) is 20.9. The van der Waals surface area contributed by atoms with Crippen molar-refractivity contribution in [3.8, 4) is 0 Å². The number of carbonyl (C=O) groups excluding carboxylic acids is 1. The summed E-state index contributed by atoms with van der Waals surface area (Å²) in [5.41, 5.74) is 10.1. The number of para-hydroxylation sites is 1. The maximum atomic E-state index is 12.7. The largest absolute Gasteiger partial charge is 0.351 e. The molecule has 0 aliphatic rings. The molecule has 0 saturated heterocycles. The number of benzene rings is 1. The lowest BCUT2D eigenvalue weighted by Gasteiger charge is -2.32. The van der Waals surface area contributed by atoms with Crippen molar-refractivity contribution in [2.75, 3.05) is 11.4 Å². The number of hydrogen-bond donors (Lipinski definition) is 1. The molecule has 1 atom stereocenters. The summed E-state index contributed by atoms with van der Waals surface area (Å²) in [5, 5.41) is 1.10. The van der Waals surface area contributed by atoms with Crippen LogP contribution in [-0.2, 0) is 0 Å². The van der Waals surface area contributed by atoms with Gasteiger partial charge in [0.1, 0.15) is 5.65 Å². The molecule has 3 aromatic rings. The summed E-state index contributed by atoms with van der Waals surface area (Å²) in [4.78, 5) is 19.0. The van der Waals surface area contributed by atoms with Crippen LogP contribution in [0.25, 0.3) is 11.0 Å². The van der Waals surface area contributed by atoms with Gasteiger partial charge in [-0.25, -0.2) is 9.78 Å². The van der Waals surface area contributed by atoms with Crippen molar-refractivity contribution in [1.82, 2.24) is 9.55 Å². The zero-order chi connectivity index (χ0) is 21.1. The fourth-order valence-corrected chi connectivity index (χ4v) is 4.02. The minimum Gasteiger partial charge on any atom is -0.351 e. The molecule has 0 radical (unpaired) electrons. The Labute approximate surface area is 173 Å². The molecule has 2 aromatic heterocycles. The van der Waals surface area contributed by atoms with Crippen molar-refractivity contribution in [1.29, 1.82) is 0 Å². The van der Waals surface area contributed by atoms with Crippen LogP contribution in [0.5, 0.6) is 0 Å². The Hall–Kier alpha value is -2.82. The molecule has 5 nitrogen and oxygen atoms in total. The lowest BCUT2D eigenvalue weighted by atomic mass is 9.91. The molecule has 2 amide bonds. The lowest BCUT2D eigenvalue weighted by Crippen LogP contribution is -2.41. The van der Waals surface area contributed by atoms with Crippen LogP contribution >= 0.6 is 0 Å². The standard InChI is InChI=1S/C24H32N4O/c1-6-19(27-14-12-18-9-8-13-26-23(18)27)15-28(24(25)29)22-20(16(2)3)10-7-11-21(22)17(4)5/h7-14,16-17,19H,6,15H2,1-5H3,(H2,25,29). The minimum atomic E-state index is -0.414. The first-order valence-corrected chi connectivity index (χ1v) is 10.5. The number of nitrogens with zero attached hydrogens (tertiary/aromatic N) is 3. The van der Waals surface area contributed by atoms with Gasteiger partial charge in [-0.3, -0.25) is 4.90 Å². The maximum Gasteiger partial charge on any atom is 0.319 e. The predicted molar refractivity (Wildman–Crippen MR) is 121 cm³/mol. The summed E-state index contributed by atoms with van der Waals surface area (Å²) in [6.45, 7) is 11.3. The quantitative estimate of drug-likeness (QED) is 0.550. The third kappa shape index (κ3) is 4.14. The number of hydrogen-bond acceptors (Lipinski definition) is 2. The number of fused-ring (bicyclic) bond motifs is 1. The van der Waals surface area contributed by atoms with Gasteiger partial charge in [-0.1, -0.05) is 52.8 Å². The average molecular weight is 393 g/mol. The highest BCUT2D eigenvalue weighted by Crippen LogP contribution is 2.36. The van der Waals surface area contributed by atoms with Crippen LogP contribution in [0.2, 0.25) is 0 Å². The van der Waals surface area contributed by atoms with Crippen LogP contribution in [0.1, 0.15) is 70.0 Å². The smallest absolute Gasteiger partial charge is 0.319 e. The van der Waals surface area contributed by atoms with Crippen LogP contribution in [-0.4, -0.2) is 22.1 Å². The van der Waals surface area contributed by atoms with Gasteiger partial charge in [0.15, 0.2) is 0 Å². The Bertz CT molecular complexity index is 963. The van der Waals surface area contributed by atoms with E-state index in [9.17, 15) is 4.79 Å². The molecule has 3 rings (SSSR count). The second kappa shape index (κ2) is 8.68. The first-order valence-electron chi connectivity index (χ1n) is 10.5. The number of aromatic nitrogens is 2. The molecule has 5 heteroatoms. The van der Waals surface area contributed by atoms with E-state index in [1.165, 1.54) is 0 Å². The molecule has 0 bridgehead atoms. The second-order valence-electron chi connectivity index (χ2n) is 8.24. The Morgan fingerprint density at radius 3 is 2.28 bits per heavy atom. The molecule has 29 heavy (non-hydrogen) atoms. The molecule has 1 aromatic carbocycles. The highest BCUT2D eigenvalue weighted by molar-refractivity contribution is 5.93. The fraction of sp³-hybridized carbons (Fsp3) is 0.417. The van der Waals surface area contributed by atoms with Crippen LogP contribution < -0.4 is 10.6 Å². The monoisotopic (exact) mass is 392 g/mol. The second-order valence-corrected chi connectivity index (χ2v) is 8.24. The summed E-state index contributed by atoms with van der Waals surface area (Å²) in [5.74, 6) is 0.583. The Morgan fingerprint density at radius 2 is 1.72 bits per heavy atom. The van der Waals surface area contributed by atoms with Crippen LogP contribution in [0.4, 0.5) is 10.5 Å². The molecule has 0 spiro atoms. The van der Waals surface area contributed by atoms with Crippen LogP contribution in [0.3, 0.4) is 0 Å². The average Bonchev–Trinajstić information content (AvgIpc) is 3.12. The highest BCUT2D eigenvalue weighted by Gasteiger charge is 2.26. The number of carbonyl (C=O) groups is 1. The summed E-state index contributed by atoms with van der Waals surface area (Å²) in [7, 11) is 0. The van der Waals surface area contributed by atoms with Gasteiger partial charge in [0, 0.05) is 24.3 Å². The van der Waals surface area contributed by atoms with Crippen LogP contribution in [0, 0.1) is 0 Å². The highest BCUT2D eigenvalue weighted by atomic mass is 16.2. The molecule has 2 N–H and O–H groups in total. The Balaban J connectivity index is 2.08. The first-order chi connectivity index (χ1) is 13.8. The van der Waals surface area contributed by atoms with E-state index in [4.69, 9.17) is 5.73 Å². The molecule has 1 unspecified atom stereocenters. The third-order valence-electron chi connectivity index (χ3n) is 5.61. The molecule has 0 aliphatic heterocycles. The van der Waals surface area contributed by atoms with Crippen molar-refractivity contribution >= 4 is 22.8 Å². The summed E-state index contributed by atoms with van der Waals surface area (Å²) in [6, 6.07) is 12.0. The lowest BCUT2D eigenvalue weighted by molar-refractivity contribution is 0.252. The zero-order valence-electron chi connectivity index (χ0n) is 18.1. The molecule has 0 fully saturated rings. The molecule has 0 aliphatic carbocycles. The summed E-state index contributed by atoms with van der Waals surface area (Å²) >= 11 is 0. The van der Waals surface area contributed by atoms with Gasteiger partial charge in [0.05, 0.1) is 11.7 Å². The van der Waals surface area contributed by atoms with E-state index in [0.29, 0.717) is 18.4 Å². The van der Waals surface area contributed by atoms with Gasteiger partial charge in [0.25, 0.3) is 0 Å². The third-order valence-corrected chi connectivity index (χ3v) is 5.61. The molecular weight excluding hydrogens is 360 g/mol. The van der Waals surface area contributed by atoms with E-state index >= 15 is 0 Å². The number of primary amides is 1.